The molecule has 5 aromatic rings. The van der Waals surface area contributed by atoms with Crippen molar-refractivity contribution in [2.24, 2.45) is 28.8 Å². The summed E-state index contributed by atoms with van der Waals surface area (Å²) in [4.78, 5) is 62.7. The number of nitrogens with zero attached hydrogens (tertiary/aromatic N) is 4. The summed E-state index contributed by atoms with van der Waals surface area (Å²) in [6.45, 7) is 12.6. The molecule has 2 aliphatic rings. The highest BCUT2D eigenvalue weighted by atomic mass is 16.7. The van der Waals surface area contributed by atoms with E-state index >= 15 is 0 Å². The van der Waals surface area contributed by atoms with Crippen LogP contribution in [0, 0.1) is 30.6 Å². The first kappa shape index (κ1) is 47.8. The van der Waals surface area contributed by atoms with E-state index in [0.29, 0.717) is 11.1 Å². The van der Waals surface area contributed by atoms with Crippen LogP contribution in [0.2, 0.25) is 0 Å². The van der Waals surface area contributed by atoms with Gasteiger partial charge in [0, 0.05) is 85.3 Å². The Bertz CT molecular complexity index is 2910. The van der Waals surface area contributed by atoms with Gasteiger partial charge in [-0.3, -0.25) is 28.6 Å². The van der Waals surface area contributed by atoms with Crippen LogP contribution in [0.5, 0.6) is 17.2 Å². The minimum Gasteiger partial charge on any atom is -0.507 e. The topological polar surface area (TPSA) is 253 Å². The van der Waals surface area contributed by atoms with Gasteiger partial charge < -0.3 is 44.7 Å². The van der Waals surface area contributed by atoms with Gasteiger partial charge in [-0.05, 0) is 49.8 Å². The number of hydrogen-bond donors (Lipinski definition) is 6. The highest BCUT2D eigenvalue weighted by molar-refractivity contribution is 6.28. The van der Waals surface area contributed by atoms with Gasteiger partial charge in [-0.15, -0.1) is 0 Å². The van der Waals surface area contributed by atoms with Crippen LogP contribution in [0.4, 0.5) is 5.69 Å². The molecule has 0 aliphatic carbocycles. The van der Waals surface area contributed by atoms with Crippen molar-refractivity contribution in [3.63, 3.8) is 0 Å². The lowest BCUT2D eigenvalue weighted by atomic mass is 9.78. The van der Waals surface area contributed by atoms with Crippen LogP contribution in [0.1, 0.15) is 80.3 Å². The summed E-state index contributed by atoms with van der Waals surface area (Å²) in [5, 5.41) is 53.8. The summed E-state index contributed by atoms with van der Waals surface area (Å²) in [5.41, 5.74) is 3.93. The zero-order valence-electron chi connectivity index (χ0n) is 38.5. The number of hydrazone groups is 1. The molecule has 4 bridgehead atoms. The van der Waals surface area contributed by atoms with Crippen molar-refractivity contribution < 1.29 is 58.6 Å². The van der Waals surface area contributed by atoms with Crippen LogP contribution < -0.4 is 15.5 Å². The minimum atomic E-state index is -2.03. The largest absolute Gasteiger partial charge is 0.507 e. The molecule has 2 aromatic carbocycles. The Labute approximate surface area is 385 Å². The highest BCUT2D eigenvalue weighted by Crippen LogP contribution is 2.54. The number of nitrogens with one attached hydrogen (secondary N) is 2. The number of anilines is 1. The number of fused-ring (bicyclic) bond motifs is 2. The molecule has 0 unspecified atom stereocenters. The number of allylic oxidation sites excluding steroid dienone is 2. The fraction of sp³-hybridized carbons (Fsp3) is 0.367. The fourth-order valence-electron chi connectivity index (χ4n) is 8.76. The number of aliphatic hydroxyl groups is 2. The Morgan fingerprint density at radius 2 is 1.70 bits per heavy atom. The second-order valence-electron chi connectivity index (χ2n) is 17.3. The number of imidazole rings is 1. The Balaban J connectivity index is 1.40. The van der Waals surface area contributed by atoms with Crippen molar-refractivity contribution in [3.8, 4) is 17.2 Å². The summed E-state index contributed by atoms with van der Waals surface area (Å²) >= 11 is 0. The molecule has 9 atom stereocenters. The Kier molecular flexibility index (Phi) is 13.5. The lowest BCUT2D eigenvalue weighted by molar-refractivity contribution is -0.160. The van der Waals surface area contributed by atoms with E-state index in [4.69, 9.17) is 23.9 Å². The van der Waals surface area contributed by atoms with Crippen LogP contribution in [-0.2, 0) is 23.8 Å². The summed E-state index contributed by atoms with van der Waals surface area (Å²) in [6.07, 6.45) is 9.58. The fourth-order valence-corrected chi connectivity index (χ4v) is 8.76. The van der Waals surface area contributed by atoms with Crippen molar-refractivity contribution >= 4 is 62.9 Å². The SMILES string of the molecule is CO[C@H]1/C=C/O[C@@]2(C)Oc3c(C)c(O)c4c(O)c(c5c(nc6cc(/C=N/NC(=O)c7ccncc7)ccn65)c4c3C2=O)NC(=O)/C(C)=C\C=C\[C@H](C)[C@H](O)[C@@H](C)[C@@H](O)[C@@H](C)[C@H](OC(C)=O)[C@@H]1C. The summed E-state index contributed by atoms with van der Waals surface area (Å²) in [5.74, 6) is -7.99. The second kappa shape index (κ2) is 19.0. The first-order chi connectivity index (χ1) is 31.8. The molecule has 0 fully saturated rings. The number of phenolic OH excluding ortho intramolecular Hbond substituents is 2. The number of benzene rings is 2. The predicted molar refractivity (Wildman–Crippen MR) is 248 cm³/mol. The van der Waals surface area contributed by atoms with Crippen molar-refractivity contribution in [2.75, 3.05) is 12.4 Å². The molecule has 0 radical (unpaired) electrons. The number of aromatic hydroxyl groups is 2. The average Bonchev–Trinajstić information content (AvgIpc) is 3.81. The number of amides is 2. The third-order valence-electron chi connectivity index (χ3n) is 12.7. The number of esters is 1. The molecule has 3 aromatic heterocycles. The molecule has 352 valence electrons. The number of pyridine rings is 2. The quantitative estimate of drug-likeness (QED) is 0.0512. The number of carbonyl (C=O) groups excluding carboxylic acids is 4. The number of aromatic nitrogens is 3. The highest BCUT2D eigenvalue weighted by Gasteiger charge is 2.50. The van der Waals surface area contributed by atoms with Crippen LogP contribution in [0.25, 0.3) is 27.5 Å². The number of ether oxygens (including phenoxy) is 4. The maximum Gasteiger partial charge on any atom is 0.312 e. The molecule has 7 rings (SSSR count). The normalized spacial score (nSPS) is 28.0. The first-order valence-corrected chi connectivity index (χ1v) is 21.7. The molecular formula is C49H54N6O12. The van der Waals surface area contributed by atoms with Crippen molar-refractivity contribution in [2.45, 2.75) is 85.6 Å². The monoisotopic (exact) mass is 918 g/mol. The predicted octanol–water partition coefficient (Wildman–Crippen LogP) is 6.01. The molecule has 5 heterocycles. The Morgan fingerprint density at radius 1 is 0.985 bits per heavy atom. The van der Waals surface area contributed by atoms with Gasteiger partial charge >= 0.3 is 11.8 Å². The molecule has 0 spiro atoms. The molecule has 67 heavy (non-hydrogen) atoms. The lowest BCUT2D eigenvalue weighted by Gasteiger charge is -2.38. The van der Waals surface area contributed by atoms with Crippen molar-refractivity contribution in [3.05, 3.63) is 101 Å². The van der Waals surface area contributed by atoms with E-state index in [2.05, 4.69) is 20.8 Å². The minimum absolute atomic E-state index is 0.0139. The number of Topliss-reactive ketones (excluding diaryl/α,β-unsaturated/α-hetero) is 1. The maximum atomic E-state index is 14.8. The number of phenols is 2. The van der Waals surface area contributed by atoms with Crippen LogP contribution in [0.3, 0.4) is 0 Å². The standard InChI is InChI=1S/C49H54N6O12/c1-23-11-10-12-24(2)47(62)53-38-39-37(52-33-21-30(15-19-55(33)39)22-51-54-48(63)31-13-17-50-18-14-31)34-35(43(38)60)42(59)28(6)45-36(34)46(61)49(8,67-45)65-20-16-32(64-9)25(3)44(66-29(7)56)27(5)41(58)26(4)40(23)57/h10-23,25-27,32,40-41,44,57-60H,1-9H3,(H,53,62)(H,54,63)/b11-10+,20-16+,24-12-,51-22+/t23-,25+,26+,27+,32-,40-,41+,44+,49-/m0/s1. The lowest BCUT2D eigenvalue weighted by Crippen LogP contribution is -2.46. The van der Waals surface area contributed by atoms with E-state index in [0.717, 1.165) is 0 Å². The summed E-state index contributed by atoms with van der Waals surface area (Å²) in [7, 11) is 1.44. The van der Waals surface area contributed by atoms with Gasteiger partial charge in [0.05, 0.1) is 41.7 Å². The second-order valence-corrected chi connectivity index (χ2v) is 17.3. The number of rotatable bonds is 5. The molecule has 2 aliphatic heterocycles. The van der Waals surface area contributed by atoms with Gasteiger partial charge in [0.25, 0.3) is 17.6 Å². The molecule has 18 nitrogen and oxygen atoms in total. The van der Waals surface area contributed by atoms with Crippen molar-refractivity contribution in [1.82, 2.24) is 19.8 Å². The Morgan fingerprint density at radius 3 is 2.39 bits per heavy atom. The third kappa shape index (κ3) is 8.94. The van der Waals surface area contributed by atoms with Gasteiger partial charge in [0.2, 0.25) is 0 Å². The van der Waals surface area contributed by atoms with Gasteiger partial charge in [-0.25, -0.2) is 10.4 Å². The van der Waals surface area contributed by atoms with Gasteiger partial charge in [0.1, 0.15) is 40.0 Å². The zero-order chi connectivity index (χ0) is 48.6. The first-order valence-electron chi connectivity index (χ1n) is 21.7. The van der Waals surface area contributed by atoms with Crippen LogP contribution >= 0.6 is 0 Å². The van der Waals surface area contributed by atoms with E-state index in [1.54, 1.807) is 69.5 Å². The smallest absolute Gasteiger partial charge is 0.312 e. The molecule has 0 saturated carbocycles. The molecule has 18 heteroatoms. The number of aliphatic hydroxyl groups excluding tert-OH is 2. The number of hydrogen-bond acceptors (Lipinski definition) is 15. The van der Waals surface area contributed by atoms with E-state index in [-0.39, 0.29) is 55.6 Å². The molecular weight excluding hydrogens is 865 g/mol. The molecule has 0 saturated heterocycles. The van der Waals surface area contributed by atoms with E-state index in [1.165, 1.54) is 77.0 Å². The summed E-state index contributed by atoms with van der Waals surface area (Å²) < 4.78 is 25.5. The average molecular weight is 919 g/mol. The van der Waals surface area contributed by atoms with Crippen molar-refractivity contribution in [1.29, 1.82) is 0 Å². The third-order valence-corrected chi connectivity index (χ3v) is 12.7. The van der Waals surface area contributed by atoms with E-state index in [1.807, 2.05) is 0 Å². The molecule has 6 N–H and O–H groups in total. The van der Waals surface area contributed by atoms with Crippen LogP contribution in [-0.4, -0.2) is 102 Å². The Hall–Kier alpha value is -7.15. The van der Waals surface area contributed by atoms with Gasteiger partial charge in [-0.1, -0.05) is 45.9 Å². The zero-order valence-corrected chi connectivity index (χ0v) is 38.5. The maximum absolute atomic E-state index is 14.8. The molecule has 2 amide bonds. The van der Waals surface area contributed by atoms with Gasteiger partial charge in [-0.2, -0.15) is 5.10 Å². The van der Waals surface area contributed by atoms with E-state index < -0.39 is 88.9 Å². The van der Waals surface area contributed by atoms with E-state index in [9.17, 15) is 39.6 Å². The number of methoxy groups -OCH3 is 1. The van der Waals surface area contributed by atoms with Gasteiger partial charge in [0.15, 0.2) is 5.75 Å². The number of ketones is 1. The summed E-state index contributed by atoms with van der Waals surface area (Å²) in [6, 6.07) is 6.36. The number of carbonyl (C=O) groups is 4. The van der Waals surface area contributed by atoms with Crippen LogP contribution in [0.15, 0.2) is 84.1 Å².